The largest absolute Gasteiger partial charge is 0.310 e. The lowest BCUT2D eigenvalue weighted by Crippen LogP contribution is -2.28. The number of para-hydroxylation sites is 1. The molecule has 1 aliphatic rings. The number of hydrogen-bond donors (Lipinski definition) is 0. The molecule has 0 atom stereocenters. The zero-order chi connectivity index (χ0) is 44.7. The number of anilines is 3. The Labute approximate surface area is 362 Å². The molecule has 11 aromatic rings. The molecule has 0 unspecified atom stereocenters. The van der Waals surface area contributed by atoms with E-state index in [1.807, 2.05) is 24.3 Å². The predicted molar refractivity (Wildman–Crippen MR) is 256 cm³/mol. The highest BCUT2D eigenvalue weighted by Gasteiger charge is 2.45. The van der Waals surface area contributed by atoms with Crippen molar-refractivity contribution in [2.75, 3.05) is 4.90 Å². The van der Waals surface area contributed by atoms with Gasteiger partial charge >= 0.3 is 0 Å². The lowest BCUT2D eigenvalue weighted by Gasteiger charge is -2.34. The third-order valence-corrected chi connectivity index (χ3v) is 12.5. The van der Waals surface area contributed by atoms with Crippen molar-refractivity contribution in [2.45, 2.75) is 5.41 Å². The maximum Gasteiger partial charge on any atom is 0.0713 e. The van der Waals surface area contributed by atoms with E-state index in [2.05, 4.69) is 198 Å². The molecule has 1 heterocycles. The van der Waals surface area contributed by atoms with Crippen molar-refractivity contribution in [3.05, 3.63) is 265 Å². The van der Waals surface area contributed by atoms with Gasteiger partial charge < -0.3 is 9.47 Å². The fourth-order valence-electron chi connectivity index (χ4n) is 9.89. The van der Waals surface area contributed by atoms with E-state index in [0.717, 1.165) is 50.1 Å². The second-order valence-corrected chi connectivity index (χ2v) is 15.7. The van der Waals surface area contributed by atoms with Gasteiger partial charge in [0.05, 0.1) is 23.3 Å². The van der Waals surface area contributed by atoms with E-state index < -0.39 is 11.5 Å². The average molecular weight is 782 g/mol. The maximum absolute atomic E-state index is 8.70. The van der Waals surface area contributed by atoms with Gasteiger partial charge in [-0.2, -0.15) is 0 Å². The first-order valence-electron chi connectivity index (χ1n) is 23.2. The summed E-state index contributed by atoms with van der Waals surface area (Å²) in [6, 6.07) is 73.6. The first-order valence-corrected chi connectivity index (χ1v) is 20.7. The van der Waals surface area contributed by atoms with E-state index in [0.29, 0.717) is 5.56 Å². The molecule has 61 heavy (non-hydrogen) atoms. The first-order chi connectivity index (χ1) is 32.3. The highest BCUT2D eigenvalue weighted by molar-refractivity contribution is 6.11. The van der Waals surface area contributed by atoms with Crippen molar-refractivity contribution >= 4 is 49.6 Å². The van der Waals surface area contributed by atoms with Crippen LogP contribution in [0, 0.1) is 0 Å². The summed E-state index contributed by atoms with van der Waals surface area (Å²) in [6.45, 7) is 0. The van der Waals surface area contributed by atoms with Gasteiger partial charge in [-0.3, -0.25) is 0 Å². The molecule has 0 N–H and O–H groups in total. The molecule has 0 amide bonds. The molecule has 0 saturated heterocycles. The lowest BCUT2D eigenvalue weighted by atomic mass is 9.68. The minimum atomic E-state index is -0.549. The molecular formula is C59H40N2. The monoisotopic (exact) mass is 781 g/mol. The van der Waals surface area contributed by atoms with Crippen molar-refractivity contribution in [3.63, 3.8) is 0 Å². The highest BCUT2D eigenvalue weighted by atomic mass is 15.1. The summed E-state index contributed by atoms with van der Waals surface area (Å²) in [5.41, 5.74) is 13.5. The Morgan fingerprint density at radius 2 is 0.967 bits per heavy atom. The standard InChI is InChI=1S/C59H40N2/c1-3-15-41(16-4-1)43-27-32-47(33-28-43)60(50-37-38-58-54(40-50)53-23-11-14-26-57(53)61(58)49-34-29-42-17-7-8-18-44(42)39-49)48-35-30-46(31-36-48)59(45-19-5-2-6-20-45)55-24-12-9-21-51(55)52-22-10-13-25-56(52)59/h1-40H/i1D,3D,4D,15D,16D. The van der Waals surface area contributed by atoms with E-state index >= 15 is 0 Å². The molecule has 0 spiro atoms. The third kappa shape index (κ3) is 5.50. The summed E-state index contributed by atoms with van der Waals surface area (Å²) in [7, 11) is 0. The average Bonchev–Trinajstić information content (AvgIpc) is 3.87. The molecule has 0 bridgehead atoms. The van der Waals surface area contributed by atoms with Gasteiger partial charge in [0.15, 0.2) is 0 Å². The van der Waals surface area contributed by atoms with Crippen LogP contribution in [0.15, 0.2) is 243 Å². The molecule has 1 aliphatic carbocycles. The van der Waals surface area contributed by atoms with Gasteiger partial charge in [0, 0.05) is 33.5 Å². The van der Waals surface area contributed by atoms with Crippen molar-refractivity contribution in [2.24, 2.45) is 0 Å². The van der Waals surface area contributed by atoms with Crippen LogP contribution in [0.1, 0.15) is 29.1 Å². The summed E-state index contributed by atoms with van der Waals surface area (Å²) in [5, 5.41) is 4.62. The molecule has 286 valence electrons. The van der Waals surface area contributed by atoms with Gasteiger partial charge in [0.25, 0.3) is 0 Å². The van der Waals surface area contributed by atoms with Gasteiger partial charge in [-0.15, -0.1) is 0 Å². The van der Waals surface area contributed by atoms with Crippen molar-refractivity contribution in [3.8, 4) is 27.9 Å². The Balaban J connectivity index is 1.05. The molecule has 0 fully saturated rings. The van der Waals surface area contributed by atoms with E-state index in [-0.39, 0.29) is 29.7 Å². The first kappa shape index (κ1) is 30.2. The molecule has 12 rings (SSSR count). The number of aromatic nitrogens is 1. The van der Waals surface area contributed by atoms with E-state index in [9.17, 15) is 0 Å². The van der Waals surface area contributed by atoms with Gasteiger partial charge in [0.1, 0.15) is 0 Å². The second kappa shape index (κ2) is 14.1. The molecule has 0 radical (unpaired) electrons. The van der Waals surface area contributed by atoms with E-state index in [1.165, 1.54) is 38.6 Å². The number of fused-ring (bicyclic) bond motifs is 7. The van der Waals surface area contributed by atoms with Gasteiger partial charge in [-0.1, -0.05) is 182 Å². The zero-order valence-electron chi connectivity index (χ0n) is 38.1. The van der Waals surface area contributed by atoms with Crippen LogP contribution < -0.4 is 4.90 Å². The summed E-state index contributed by atoms with van der Waals surface area (Å²) < 4.78 is 44.6. The second-order valence-electron chi connectivity index (χ2n) is 15.7. The molecule has 2 heteroatoms. The Morgan fingerprint density at radius 3 is 1.70 bits per heavy atom. The zero-order valence-corrected chi connectivity index (χ0v) is 33.1. The fourth-order valence-corrected chi connectivity index (χ4v) is 9.89. The van der Waals surface area contributed by atoms with Crippen LogP contribution in [0.3, 0.4) is 0 Å². The van der Waals surface area contributed by atoms with Crippen molar-refractivity contribution < 1.29 is 6.85 Å². The number of benzene rings is 10. The smallest absolute Gasteiger partial charge is 0.0713 e. The number of hydrogen-bond acceptors (Lipinski definition) is 1. The van der Waals surface area contributed by atoms with Gasteiger partial charge in [0.2, 0.25) is 0 Å². The van der Waals surface area contributed by atoms with Crippen LogP contribution in [-0.2, 0) is 5.41 Å². The molecule has 10 aromatic carbocycles. The van der Waals surface area contributed by atoms with E-state index in [1.54, 1.807) is 0 Å². The van der Waals surface area contributed by atoms with Crippen LogP contribution in [0.4, 0.5) is 17.1 Å². The molecule has 0 aliphatic heterocycles. The van der Waals surface area contributed by atoms with Crippen LogP contribution in [-0.4, -0.2) is 4.57 Å². The number of rotatable bonds is 7. The Hall–Kier alpha value is -7.94. The Kier molecular flexibility index (Phi) is 6.98. The van der Waals surface area contributed by atoms with Crippen molar-refractivity contribution in [1.82, 2.24) is 4.57 Å². The normalized spacial score (nSPS) is 13.9. The summed E-state index contributed by atoms with van der Waals surface area (Å²) in [6.07, 6.45) is 0. The maximum atomic E-state index is 8.70. The predicted octanol–water partition coefficient (Wildman–Crippen LogP) is 15.4. The molecule has 0 saturated carbocycles. The Bertz CT molecular complexity index is 3630. The quantitative estimate of drug-likeness (QED) is 0.156. The molecule has 1 aromatic heterocycles. The van der Waals surface area contributed by atoms with Crippen LogP contribution in [0.5, 0.6) is 0 Å². The van der Waals surface area contributed by atoms with Gasteiger partial charge in [-0.05, 0) is 116 Å². The number of nitrogens with zero attached hydrogens (tertiary/aromatic N) is 2. The Morgan fingerprint density at radius 1 is 0.393 bits per heavy atom. The van der Waals surface area contributed by atoms with Gasteiger partial charge in [-0.25, -0.2) is 0 Å². The van der Waals surface area contributed by atoms with E-state index in [4.69, 9.17) is 6.85 Å². The van der Waals surface area contributed by atoms with Crippen LogP contribution >= 0.6 is 0 Å². The van der Waals surface area contributed by atoms with Crippen molar-refractivity contribution in [1.29, 1.82) is 0 Å². The minimum Gasteiger partial charge on any atom is -0.310 e. The SMILES string of the molecule is [2H]c1c([2H])c([2H])c(-c2ccc(N(c3ccc(C4(c5ccccc5)c5ccccc5-c5ccccc54)cc3)c3ccc4c(c3)c3ccccc3n4-c3ccc4ccccc4c3)cc2)c([2H])c1[2H]. The van der Waals surface area contributed by atoms with Crippen LogP contribution in [0.2, 0.25) is 0 Å². The van der Waals surface area contributed by atoms with Crippen LogP contribution in [0.25, 0.3) is 60.5 Å². The summed E-state index contributed by atoms with van der Waals surface area (Å²) in [5.74, 6) is 0. The highest BCUT2D eigenvalue weighted by Crippen LogP contribution is 2.56. The summed E-state index contributed by atoms with van der Waals surface area (Å²) in [4.78, 5) is 2.24. The summed E-state index contributed by atoms with van der Waals surface area (Å²) >= 11 is 0. The fraction of sp³-hybridized carbons (Fsp3) is 0.0169. The minimum absolute atomic E-state index is 0.176. The topological polar surface area (TPSA) is 8.17 Å². The lowest BCUT2D eigenvalue weighted by molar-refractivity contribution is 0.768. The third-order valence-electron chi connectivity index (χ3n) is 12.5. The molecule has 2 nitrogen and oxygen atoms in total. The molecular weight excluding hydrogens is 737 g/mol.